The Morgan fingerprint density at radius 2 is 2.25 bits per heavy atom. The van der Waals surface area contributed by atoms with Crippen molar-refractivity contribution in [3.63, 3.8) is 0 Å². The molecule has 0 aromatic carbocycles. The Balaban J connectivity index is 1.45. The second-order valence-corrected chi connectivity index (χ2v) is 6.45. The summed E-state index contributed by atoms with van der Waals surface area (Å²) in [5.74, 6) is 2.49. The number of nitrogens with zero attached hydrogens (tertiary/aromatic N) is 5. The average molecular weight is 329 g/mol. The summed E-state index contributed by atoms with van der Waals surface area (Å²) in [6.45, 7) is 7.30. The van der Waals surface area contributed by atoms with Crippen molar-refractivity contribution < 1.29 is 0 Å². The summed E-state index contributed by atoms with van der Waals surface area (Å²) in [6.07, 6.45) is 4.65. The van der Waals surface area contributed by atoms with Crippen molar-refractivity contribution in [1.29, 1.82) is 0 Å². The number of aromatic nitrogens is 3. The van der Waals surface area contributed by atoms with Crippen molar-refractivity contribution in [2.24, 2.45) is 10.9 Å². The topological polar surface area (TPSA) is 69.8 Å². The Morgan fingerprint density at radius 1 is 1.33 bits per heavy atom. The van der Waals surface area contributed by atoms with Crippen LogP contribution in [0.3, 0.4) is 0 Å². The number of hydrogen-bond acceptors (Lipinski definition) is 4. The average Bonchev–Trinajstić information content (AvgIpc) is 3.01. The normalized spacial score (nSPS) is 19.6. The van der Waals surface area contributed by atoms with E-state index in [1.165, 1.54) is 25.9 Å². The van der Waals surface area contributed by atoms with Gasteiger partial charge in [-0.2, -0.15) is 0 Å². The predicted octanol–water partition coefficient (Wildman–Crippen LogP) is 1.13. The first kappa shape index (κ1) is 16.7. The summed E-state index contributed by atoms with van der Waals surface area (Å²) in [6, 6.07) is 5.89. The second-order valence-electron chi connectivity index (χ2n) is 6.45. The Bertz CT molecular complexity index is 678. The molecule has 1 aliphatic heterocycles. The summed E-state index contributed by atoms with van der Waals surface area (Å²) in [4.78, 5) is 6.81. The molecule has 1 fully saturated rings. The molecule has 3 heterocycles. The fraction of sp³-hybridized carbons (Fsp3) is 0.588. The van der Waals surface area contributed by atoms with Gasteiger partial charge in [-0.25, -0.2) is 0 Å². The molecule has 1 aliphatic rings. The number of guanidine groups is 1. The molecule has 0 aliphatic carbocycles. The lowest BCUT2D eigenvalue weighted by Crippen LogP contribution is -2.43. The van der Waals surface area contributed by atoms with Crippen LogP contribution in [0.25, 0.3) is 5.65 Å². The van der Waals surface area contributed by atoms with Gasteiger partial charge in [0.1, 0.15) is 0 Å². The Hall–Kier alpha value is -2.15. The monoisotopic (exact) mass is 329 g/mol. The maximum absolute atomic E-state index is 4.28. The Kier molecular flexibility index (Phi) is 5.63. The summed E-state index contributed by atoms with van der Waals surface area (Å²) in [5.41, 5.74) is 0.858. The number of fused-ring (bicyclic) bond motifs is 1. The van der Waals surface area contributed by atoms with Crippen molar-refractivity contribution in [2.75, 3.05) is 33.2 Å². The van der Waals surface area contributed by atoms with Crippen molar-refractivity contribution in [1.82, 2.24) is 30.1 Å². The van der Waals surface area contributed by atoms with Gasteiger partial charge in [-0.05, 0) is 37.4 Å². The second kappa shape index (κ2) is 8.10. The summed E-state index contributed by atoms with van der Waals surface area (Å²) in [5, 5.41) is 15.1. The minimum Gasteiger partial charge on any atom is -0.355 e. The molecule has 0 amide bonds. The van der Waals surface area contributed by atoms with E-state index in [1.54, 1.807) is 7.05 Å². The van der Waals surface area contributed by atoms with Crippen LogP contribution in [0.15, 0.2) is 29.4 Å². The molecule has 130 valence electrons. The number of likely N-dealkylation sites (tertiary alicyclic amines) is 1. The number of hydrogen-bond donors (Lipinski definition) is 2. The van der Waals surface area contributed by atoms with E-state index in [0.717, 1.165) is 36.4 Å². The molecule has 1 atom stereocenters. The lowest BCUT2D eigenvalue weighted by atomic mass is 10.0. The van der Waals surface area contributed by atoms with Crippen LogP contribution in [0.5, 0.6) is 0 Å². The van der Waals surface area contributed by atoms with Crippen LogP contribution in [-0.2, 0) is 6.54 Å². The number of nitrogens with one attached hydrogen (secondary N) is 2. The zero-order valence-electron chi connectivity index (χ0n) is 14.6. The quantitative estimate of drug-likeness (QED) is 0.636. The van der Waals surface area contributed by atoms with E-state index in [9.17, 15) is 0 Å². The highest BCUT2D eigenvalue weighted by atomic mass is 15.3. The summed E-state index contributed by atoms with van der Waals surface area (Å²) < 4.78 is 1.98. The zero-order valence-corrected chi connectivity index (χ0v) is 14.6. The van der Waals surface area contributed by atoms with Crippen LogP contribution in [0.1, 0.15) is 25.6 Å². The van der Waals surface area contributed by atoms with Gasteiger partial charge in [-0.15, -0.1) is 10.2 Å². The van der Waals surface area contributed by atoms with E-state index in [2.05, 4.69) is 37.6 Å². The molecule has 0 radical (unpaired) electrons. The van der Waals surface area contributed by atoms with E-state index in [4.69, 9.17) is 0 Å². The van der Waals surface area contributed by atoms with Gasteiger partial charge in [0, 0.05) is 32.9 Å². The predicted molar refractivity (Wildman–Crippen MR) is 96.0 cm³/mol. The summed E-state index contributed by atoms with van der Waals surface area (Å²) >= 11 is 0. The third-order valence-electron chi connectivity index (χ3n) is 4.48. The molecular weight excluding hydrogens is 302 g/mol. The van der Waals surface area contributed by atoms with Crippen molar-refractivity contribution in [3.05, 3.63) is 30.2 Å². The number of pyridine rings is 1. The molecule has 2 aromatic heterocycles. The van der Waals surface area contributed by atoms with Crippen LogP contribution in [0, 0.1) is 5.92 Å². The number of rotatable bonds is 5. The molecule has 24 heavy (non-hydrogen) atoms. The van der Waals surface area contributed by atoms with E-state index >= 15 is 0 Å². The third kappa shape index (κ3) is 4.23. The first-order valence-corrected chi connectivity index (χ1v) is 8.72. The van der Waals surface area contributed by atoms with Crippen molar-refractivity contribution in [2.45, 2.75) is 26.3 Å². The lowest BCUT2D eigenvalue weighted by Gasteiger charge is -2.30. The van der Waals surface area contributed by atoms with E-state index in [-0.39, 0.29) is 0 Å². The minimum absolute atomic E-state index is 0.589. The maximum atomic E-state index is 4.28. The lowest BCUT2D eigenvalue weighted by molar-refractivity contribution is 0.187. The van der Waals surface area contributed by atoms with Gasteiger partial charge in [0.2, 0.25) is 0 Å². The SMILES string of the molecule is CN=C(NCCN1CCCC(C)C1)NCc1nnc2ccccn12. The molecule has 0 bridgehead atoms. The van der Waals surface area contributed by atoms with E-state index in [0.29, 0.717) is 6.54 Å². The molecule has 0 spiro atoms. The van der Waals surface area contributed by atoms with E-state index in [1.807, 2.05) is 28.8 Å². The first-order chi connectivity index (χ1) is 11.8. The first-order valence-electron chi connectivity index (χ1n) is 8.72. The van der Waals surface area contributed by atoms with Gasteiger partial charge in [0.15, 0.2) is 17.4 Å². The fourth-order valence-electron chi connectivity index (χ4n) is 3.22. The molecule has 7 nitrogen and oxygen atoms in total. The van der Waals surface area contributed by atoms with Crippen LogP contribution < -0.4 is 10.6 Å². The zero-order chi connectivity index (χ0) is 16.8. The molecule has 0 saturated carbocycles. The minimum atomic E-state index is 0.589. The summed E-state index contributed by atoms with van der Waals surface area (Å²) in [7, 11) is 1.79. The molecule has 1 unspecified atom stereocenters. The smallest absolute Gasteiger partial charge is 0.191 e. The number of aliphatic imine (C=N–C) groups is 1. The molecule has 2 aromatic rings. The maximum Gasteiger partial charge on any atom is 0.191 e. The highest BCUT2D eigenvalue weighted by molar-refractivity contribution is 5.79. The van der Waals surface area contributed by atoms with Crippen molar-refractivity contribution >= 4 is 11.6 Å². The van der Waals surface area contributed by atoms with Gasteiger partial charge in [-0.1, -0.05) is 13.0 Å². The van der Waals surface area contributed by atoms with Crippen LogP contribution >= 0.6 is 0 Å². The molecule has 3 rings (SSSR count). The van der Waals surface area contributed by atoms with Gasteiger partial charge >= 0.3 is 0 Å². The standard InChI is InChI=1S/C17H27N7/c1-14-6-5-9-23(13-14)11-8-19-17(18-2)20-12-16-22-21-15-7-3-4-10-24(15)16/h3-4,7,10,14H,5-6,8-9,11-13H2,1-2H3,(H2,18,19,20). The molecule has 7 heteroatoms. The van der Waals surface area contributed by atoms with Gasteiger partial charge in [-0.3, -0.25) is 9.39 Å². The van der Waals surface area contributed by atoms with Crippen molar-refractivity contribution in [3.8, 4) is 0 Å². The van der Waals surface area contributed by atoms with E-state index < -0.39 is 0 Å². The molecular formula is C17H27N7. The number of piperidine rings is 1. The van der Waals surface area contributed by atoms with Gasteiger partial charge in [0.05, 0.1) is 6.54 Å². The highest BCUT2D eigenvalue weighted by Gasteiger charge is 2.15. The van der Waals surface area contributed by atoms with Gasteiger partial charge < -0.3 is 15.5 Å². The fourth-order valence-corrected chi connectivity index (χ4v) is 3.22. The Morgan fingerprint density at radius 3 is 3.08 bits per heavy atom. The van der Waals surface area contributed by atoms with Crippen LogP contribution in [0.2, 0.25) is 0 Å². The Labute approximate surface area is 143 Å². The van der Waals surface area contributed by atoms with Gasteiger partial charge in [0.25, 0.3) is 0 Å². The highest BCUT2D eigenvalue weighted by Crippen LogP contribution is 2.14. The molecule has 1 saturated heterocycles. The molecule has 2 N–H and O–H groups in total. The third-order valence-corrected chi connectivity index (χ3v) is 4.48. The van der Waals surface area contributed by atoms with Crippen LogP contribution in [-0.4, -0.2) is 58.7 Å². The largest absolute Gasteiger partial charge is 0.355 e. The van der Waals surface area contributed by atoms with Crippen LogP contribution in [0.4, 0.5) is 0 Å².